The quantitative estimate of drug-likeness (QED) is 0.636. The van der Waals surface area contributed by atoms with Gasteiger partial charge in [-0.05, 0) is 19.1 Å². The van der Waals surface area contributed by atoms with Crippen LogP contribution in [0.2, 0.25) is 0 Å². The number of aromatic nitrogens is 2. The number of nitrogens with one attached hydrogen (secondary N) is 1. The molecule has 0 atom stereocenters. The van der Waals surface area contributed by atoms with Gasteiger partial charge >= 0.3 is 0 Å². The maximum absolute atomic E-state index is 11.4. The van der Waals surface area contributed by atoms with E-state index in [1.165, 1.54) is 0 Å². The Morgan fingerprint density at radius 2 is 2.31 bits per heavy atom. The Balaban J connectivity index is 2.96. The summed E-state index contributed by atoms with van der Waals surface area (Å²) in [4.78, 5) is 11.4. The fourth-order valence-electron chi connectivity index (χ4n) is 1.52. The van der Waals surface area contributed by atoms with Crippen molar-refractivity contribution in [2.24, 2.45) is 0 Å². The molecule has 1 heterocycles. The molecule has 2 aromatic rings. The average molecular weight is 177 g/mol. The molecule has 1 aromatic carbocycles. The molecular formula is C9H11N3O. The number of nitrogens with zero attached hydrogens (tertiary/aromatic N) is 1. The third kappa shape index (κ3) is 1.02. The number of hydrogen-bond donors (Lipinski definition) is 2. The summed E-state index contributed by atoms with van der Waals surface area (Å²) in [7, 11) is 0. The number of aromatic amines is 1. The van der Waals surface area contributed by atoms with Crippen LogP contribution in [0.3, 0.4) is 0 Å². The second kappa shape index (κ2) is 2.65. The Bertz CT molecular complexity index is 495. The van der Waals surface area contributed by atoms with E-state index in [1.54, 1.807) is 10.7 Å². The van der Waals surface area contributed by atoms with Gasteiger partial charge in [0.2, 0.25) is 0 Å². The van der Waals surface area contributed by atoms with Crippen LogP contribution in [0.25, 0.3) is 10.9 Å². The summed E-state index contributed by atoms with van der Waals surface area (Å²) in [5.41, 5.74) is 6.98. The third-order valence-corrected chi connectivity index (χ3v) is 2.15. The van der Waals surface area contributed by atoms with Crippen LogP contribution in [0.1, 0.15) is 6.92 Å². The maximum Gasteiger partial charge on any atom is 0.274 e. The molecule has 0 aliphatic carbocycles. The molecule has 0 saturated heterocycles. The summed E-state index contributed by atoms with van der Waals surface area (Å²) >= 11 is 0. The van der Waals surface area contributed by atoms with Crippen LogP contribution >= 0.6 is 0 Å². The van der Waals surface area contributed by atoms with Gasteiger partial charge in [0, 0.05) is 12.2 Å². The van der Waals surface area contributed by atoms with Gasteiger partial charge in [-0.3, -0.25) is 14.6 Å². The van der Waals surface area contributed by atoms with Crippen molar-refractivity contribution in [2.75, 3.05) is 5.73 Å². The van der Waals surface area contributed by atoms with Crippen LogP contribution in [-0.4, -0.2) is 9.78 Å². The van der Waals surface area contributed by atoms with Crippen LogP contribution in [-0.2, 0) is 6.54 Å². The molecule has 0 aliphatic rings. The topological polar surface area (TPSA) is 63.8 Å². The van der Waals surface area contributed by atoms with Crippen LogP contribution in [0.4, 0.5) is 5.69 Å². The molecule has 68 valence electrons. The molecule has 3 N–H and O–H groups in total. The van der Waals surface area contributed by atoms with Gasteiger partial charge in [-0.2, -0.15) is 0 Å². The van der Waals surface area contributed by atoms with Crippen molar-refractivity contribution >= 4 is 16.6 Å². The summed E-state index contributed by atoms with van der Waals surface area (Å²) in [6.45, 7) is 2.71. The molecule has 0 spiro atoms. The second-order valence-electron chi connectivity index (χ2n) is 2.93. The number of nitrogen functional groups attached to an aromatic ring is 1. The monoisotopic (exact) mass is 177 g/mol. The number of rotatable bonds is 1. The van der Waals surface area contributed by atoms with Gasteiger partial charge in [0.25, 0.3) is 5.56 Å². The van der Waals surface area contributed by atoms with Crippen LogP contribution < -0.4 is 11.3 Å². The first-order valence-electron chi connectivity index (χ1n) is 4.21. The lowest BCUT2D eigenvalue weighted by atomic mass is 10.2. The van der Waals surface area contributed by atoms with Crippen molar-refractivity contribution in [1.29, 1.82) is 0 Å². The lowest BCUT2D eigenvalue weighted by Crippen LogP contribution is -2.04. The molecule has 4 heteroatoms. The average Bonchev–Trinajstić information content (AvgIpc) is 2.44. The molecule has 0 saturated carbocycles. The van der Waals surface area contributed by atoms with E-state index in [0.29, 0.717) is 11.1 Å². The highest BCUT2D eigenvalue weighted by atomic mass is 16.1. The molecule has 2 rings (SSSR count). The number of aryl methyl sites for hydroxylation is 1. The van der Waals surface area contributed by atoms with Gasteiger partial charge in [0.15, 0.2) is 0 Å². The standard InChI is InChI=1S/C9H11N3O/c1-2-12-7-5-3-4-6(10)8(7)9(13)11-12/h3-5H,2,10H2,1H3,(H,11,13). The van der Waals surface area contributed by atoms with E-state index in [2.05, 4.69) is 5.10 Å². The summed E-state index contributed by atoms with van der Waals surface area (Å²) < 4.78 is 1.79. The number of fused-ring (bicyclic) bond motifs is 1. The number of anilines is 1. The fourth-order valence-corrected chi connectivity index (χ4v) is 1.52. The Morgan fingerprint density at radius 1 is 1.54 bits per heavy atom. The Kier molecular flexibility index (Phi) is 1.62. The van der Waals surface area contributed by atoms with Crippen LogP contribution in [0.5, 0.6) is 0 Å². The van der Waals surface area contributed by atoms with E-state index < -0.39 is 0 Å². The summed E-state index contributed by atoms with van der Waals surface area (Å²) in [5, 5.41) is 3.31. The minimum atomic E-state index is -0.116. The highest BCUT2D eigenvalue weighted by molar-refractivity contribution is 5.89. The van der Waals surface area contributed by atoms with Gasteiger partial charge in [0.1, 0.15) is 0 Å². The van der Waals surface area contributed by atoms with E-state index in [9.17, 15) is 4.79 Å². The zero-order chi connectivity index (χ0) is 9.42. The van der Waals surface area contributed by atoms with Gasteiger partial charge in [0.05, 0.1) is 10.9 Å². The first-order valence-corrected chi connectivity index (χ1v) is 4.21. The summed E-state index contributed by atoms with van der Waals surface area (Å²) in [5.74, 6) is 0. The molecule has 0 fully saturated rings. The number of hydrogen-bond acceptors (Lipinski definition) is 2. The SMILES string of the molecule is CCn1[nH]c(=O)c2c(N)cccc21. The predicted molar refractivity (Wildman–Crippen MR) is 52.6 cm³/mol. The highest BCUT2D eigenvalue weighted by Gasteiger charge is 2.06. The number of nitrogens with two attached hydrogens (primary N) is 1. The van der Waals surface area contributed by atoms with E-state index >= 15 is 0 Å². The summed E-state index contributed by atoms with van der Waals surface area (Å²) in [6, 6.07) is 5.46. The van der Waals surface area contributed by atoms with E-state index in [4.69, 9.17) is 5.73 Å². The fraction of sp³-hybridized carbons (Fsp3) is 0.222. The maximum atomic E-state index is 11.4. The van der Waals surface area contributed by atoms with E-state index in [1.807, 2.05) is 19.1 Å². The largest absolute Gasteiger partial charge is 0.398 e. The third-order valence-electron chi connectivity index (χ3n) is 2.15. The molecule has 0 amide bonds. The lowest BCUT2D eigenvalue weighted by molar-refractivity contribution is 0.676. The van der Waals surface area contributed by atoms with Crippen molar-refractivity contribution < 1.29 is 0 Å². The lowest BCUT2D eigenvalue weighted by Gasteiger charge is -1.98. The van der Waals surface area contributed by atoms with Gasteiger partial charge in [-0.1, -0.05) is 6.07 Å². The normalized spacial score (nSPS) is 10.8. The Morgan fingerprint density at radius 3 is 3.00 bits per heavy atom. The van der Waals surface area contributed by atoms with Crippen LogP contribution in [0, 0.1) is 0 Å². The Labute approximate surface area is 75.0 Å². The number of H-pyrrole nitrogens is 1. The smallest absolute Gasteiger partial charge is 0.274 e. The first-order chi connectivity index (χ1) is 6.24. The Hall–Kier alpha value is -1.71. The zero-order valence-electron chi connectivity index (χ0n) is 7.37. The molecule has 0 radical (unpaired) electrons. The van der Waals surface area contributed by atoms with Gasteiger partial charge in [-0.25, -0.2) is 0 Å². The van der Waals surface area contributed by atoms with Gasteiger partial charge in [-0.15, -0.1) is 0 Å². The highest BCUT2D eigenvalue weighted by Crippen LogP contribution is 2.15. The molecule has 13 heavy (non-hydrogen) atoms. The van der Waals surface area contributed by atoms with Crippen molar-refractivity contribution in [3.63, 3.8) is 0 Å². The molecular weight excluding hydrogens is 166 g/mol. The minimum Gasteiger partial charge on any atom is -0.398 e. The summed E-state index contributed by atoms with van der Waals surface area (Å²) in [6.07, 6.45) is 0. The van der Waals surface area contributed by atoms with E-state index in [0.717, 1.165) is 12.1 Å². The minimum absolute atomic E-state index is 0.116. The van der Waals surface area contributed by atoms with Crippen molar-refractivity contribution in [2.45, 2.75) is 13.5 Å². The van der Waals surface area contributed by atoms with Crippen molar-refractivity contribution in [1.82, 2.24) is 9.78 Å². The first kappa shape index (κ1) is 7.91. The molecule has 0 bridgehead atoms. The predicted octanol–water partition coefficient (Wildman–Crippen LogP) is 0.932. The molecule has 0 aliphatic heterocycles. The molecule has 4 nitrogen and oxygen atoms in total. The number of benzene rings is 1. The van der Waals surface area contributed by atoms with Crippen molar-refractivity contribution in [3.8, 4) is 0 Å². The van der Waals surface area contributed by atoms with Gasteiger partial charge < -0.3 is 5.73 Å². The van der Waals surface area contributed by atoms with E-state index in [-0.39, 0.29) is 5.56 Å². The molecule has 1 aromatic heterocycles. The second-order valence-corrected chi connectivity index (χ2v) is 2.93. The molecule has 0 unspecified atom stereocenters. The van der Waals surface area contributed by atoms with Crippen molar-refractivity contribution in [3.05, 3.63) is 28.6 Å². The zero-order valence-corrected chi connectivity index (χ0v) is 7.37. The van der Waals surface area contributed by atoms with Crippen LogP contribution in [0.15, 0.2) is 23.0 Å².